The number of aryl methyl sites for hydroxylation is 3. The van der Waals surface area contributed by atoms with Gasteiger partial charge < -0.3 is 23.9 Å². The molecule has 7 nitrogen and oxygen atoms in total. The maximum Gasteiger partial charge on any atom is 0.161 e. The molecular weight excluding hydrogens is 454 g/mol. The van der Waals surface area contributed by atoms with Crippen LogP contribution in [0.15, 0.2) is 54.9 Å². The van der Waals surface area contributed by atoms with Crippen LogP contribution in [0.3, 0.4) is 0 Å². The Bertz CT molecular complexity index is 1090. The summed E-state index contributed by atoms with van der Waals surface area (Å²) in [6, 6.07) is 14.1. The van der Waals surface area contributed by atoms with Crippen LogP contribution < -0.4 is 14.2 Å². The Morgan fingerprint density at radius 3 is 2.53 bits per heavy atom. The van der Waals surface area contributed by atoms with Crippen LogP contribution in [0.4, 0.5) is 0 Å². The molecule has 0 radical (unpaired) electrons. The number of methoxy groups -OCH3 is 1. The van der Waals surface area contributed by atoms with E-state index >= 15 is 0 Å². The molecule has 3 aromatic rings. The second-order valence-corrected chi connectivity index (χ2v) is 9.68. The minimum absolute atomic E-state index is 0.324. The van der Waals surface area contributed by atoms with E-state index in [0.29, 0.717) is 26.1 Å². The Balaban J connectivity index is 1.23. The lowest BCUT2D eigenvalue weighted by Crippen LogP contribution is -2.47. The molecule has 36 heavy (non-hydrogen) atoms. The summed E-state index contributed by atoms with van der Waals surface area (Å²) in [5.74, 6) is 3.43. The van der Waals surface area contributed by atoms with Gasteiger partial charge in [-0.25, -0.2) is 4.98 Å². The van der Waals surface area contributed by atoms with Gasteiger partial charge in [0.05, 0.1) is 13.7 Å². The van der Waals surface area contributed by atoms with Crippen LogP contribution in [0.25, 0.3) is 0 Å². The van der Waals surface area contributed by atoms with Gasteiger partial charge in [-0.15, -0.1) is 0 Å². The molecule has 1 fully saturated rings. The van der Waals surface area contributed by atoms with Gasteiger partial charge in [-0.3, -0.25) is 4.90 Å². The van der Waals surface area contributed by atoms with E-state index < -0.39 is 5.60 Å². The van der Waals surface area contributed by atoms with E-state index in [1.54, 1.807) is 7.11 Å². The lowest BCUT2D eigenvalue weighted by atomic mass is 9.92. The minimum atomic E-state index is -0.786. The molecule has 1 aliphatic heterocycles. The third-order valence-corrected chi connectivity index (χ3v) is 6.87. The van der Waals surface area contributed by atoms with Crippen molar-refractivity contribution in [3.05, 3.63) is 71.8 Å². The normalized spacial score (nSPS) is 15.6. The quantitative estimate of drug-likeness (QED) is 0.371. The Labute approximate surface area is 214 Å². The predicted octanol–water partition coefficient (Wildman–Crippen LogP) is 4.64. The van der Waals surface area contributed by atoms with Crippen molar-refractivity contribution < 1.29 is 19.3 Å². The number of aromatic nitrogens is 2. The molecule has 0 bridgehead atoms. The van der Waals surface area contributed by atoms with Crippen molar-refractivity contribution in [2.24, 2.45) is 0 Å². The van der Waals surface area contributed by atoms with Crippen molar-refractivity contribution in [2.45, 2.75) is 58.2 Å². The first kappa shape index (κ1) is 26.0. The summed E-state index contributed by atoms with van der Waals surface area (Å²) in [5, 5.41) is 11.0. The zero-order valence-electron chi connectivity index (χ0n) is 21.8. The molecule has 0 aliphatic carbocycles. The summed E-state index contributed by atoms with van der Waals surface area (Å²) < 4.78 is 19.7. The first-order valence-electron chi connectivity index (χ1n) is 12.9. The van der Waals surface area contributed by atoms with Crippen molar-refractivity contribution in [1.29, 1.82) is 0 Å². The Hall–Kier alpha value is -3.03. The second kappa shape index (κ2) is 12.3. The molecule has 1 aromatic heterocycles. The summed E-state index contributed by atoms with van der Waals surface area (Å²) >= 11 is 0. The Morgan fingerprint density at radius 2 is 1.81 bits per heavy atom. The number of likely N-dealkylation sites (tertiary alicyclic amines) is 1. The fourth-order valence-electron chi connectivity index (χ4n) is 4.59. The molecule has 7 heteroatoms. The van der Waals surface area contributed by atoms with Gasteiger partial charge in [-0.2, -0.15) is 0 Å². The monoisotopic (exact) mass is 493 g/mol. The number of benzene rings is 2. The first-order valence-corrected chi connectivity index (χ1v) is 12.9. The molecule has 0 unspecified atom stereocenters. The lowest BCUT2D eigenvalue weighted by molar-refractivity contribution is -0.0537. The zero-order chi connectivity index (χ0) is 25.4. The molecule has 2 aromatic carbocycles. The van der Waals surface area contributed by atoms with Gasteiger partial charge in [-0.05, 0) is 56.0 Å². The molecule has 194 valence electrons. The van der Waals surface area contributed by atoms with Crippen molar-refractivity contribution in [2.75, 3.05) is 33.4 Å². The molecule has 1 N–H and O–H groups in total. The van der Waals surface area contributed by atoms with Crippen molar-refractivity contribution in [3.8, 4) is 17.2 Å². The maximum atomic E-state index is 11.0. The van der Waals surface area contributed by atoms with Gasteiger partial charge in [-0.1, -0.05) is 30.7 Å². The van der Waals surface area contributed by atoms with Gasteiger partial charge in [0.15, 0.2) is 11.5 Å². The van der Waals surface area contributed by atoms with Crippen LogP contribution in [0.5, 0.6) is 17.2 Å². The number of hydrogen-bond acceptors (Lipinski definition) is 6. The summed E-state index contributed by atoms with van der Waals surface area (Å²) in [6.45, 7) is 8.45. The molecule has 4 rings (SSSR count). The highest BCUT2D eigenvalue weighted by molar-refractivity contribution is 5.43. The molecule has 0 atom stereocenters. The highest BCUT2D eigenvalue weighted by atomic mass is 16.5. The van der Waals surface area contributed by atoms with E-state index in [9.17, 15) is 5.11 Å². The molecule has 1 aliphatic rings. The number of nitrogens with zero attached hydrogens (tertiary/aromatic N) is 3. The van der Waals surface area contributed by atoms with E-state index in [1.807, 2.05) is 42.7 Å². The van der Waals surface area contributed by atoms with Crippen LogP contribution >= 0.6 is 0 Å². The standard InChI is InChI=1S/C29H39N3O4/c1-4-28-30-14-18-32(28)15-5-19-35-26-11-8-24(20-27(26)34-3)21-31-16-12-29(33,13-17-31)22-36-25-9-6-23(2)7-10-25/h6-11,14,18,20,33H,4-5,12-13,15-17,19,21-22H2,1-3H3. The first-order chi connectivity index (χ1) is 17.5. The number of piperidine rings is 1. The van der Waals surface area contributed by atoms with Gasteiger partial charge >= 0.3 is 0 Å². The average molecular weight is 494 g/mol. The smallest absolute Gasteiger partial charge is 0.161 e. The van der Waals surface area contributed by atoms with Crippen LogP contribution in [-0.2, 0) is 19.5 Å². The van der Waals surface area contributed by atoms with Gasteiger partial charge in [0.1, 0.15) is 23.8 Å². The fraction of sp³-hybridized carbons (Fsp3) is 0.483. The van der Waals surface area contributed by atoms with Gasteiger partial charge in [0.2, 0.25) is 0 Å². The van der Waals surface area contributed by atoms with E-state index in [1.165, 1.54) is 11.1 Å². The molecule has 0 spiro atoms. The SMILES string of the molecule is CCc1nccn1CCCOc1ccc(CN2CCC(O)(COc3ccc(C)cc3)CC2)cc1OC. The predicted molar refractivity (Wildman–Crippen MR) is 141 cm³/mol. The number of ether oxygens (including phenoxy) is 3. The summed E-state index contributed by atoms with van der Waals surface area (Å²) in [4.78, 5) is 6.73. The second-order valence-electron chi connectivity index (χ2n) is 9.68. The third-order valence-electron chi connectivity index (χ3n) is 6.87. The Kier molecular flexibility index (Phi) is 8.88. The summed E-state index contributed by atoms with van der Waals surface area (Å²) in [5.41, 5.74) is 1.58. The Morgan fingerprint density at radius 1 is 1.03 bits per heavy atom. The van der Waals surface area contributed by atoms with Gasteiger partial charge in [0, 0.05) is 45.0 Å². The van der Waals surface area contributed by atoms with Crippen LogP contribution in [-0.4, -0.2) is 58.6 Å². The third kappa shape index (κ3) is 7.02. The number of aliphatic hydroxyl groups is 1. The topological polar surface area (TPSA) is 69.0 Å². The minimum Gasteiger partial charge on any atom is -0.493 e. The number of hydrogen-bond donors (Lipinski definition) is 1. The number of imidazole rings is 1. The van der Waals surface area contributed by atoms with Crippen molar-refractivity contribution >= 4 is 0 Å². The zero-order valence-corrected chi connectivity index (χ0v) is 21.8. The van der Waals surface area contributed by atoms with E-state index in [0.717, 1.165) is 62.1 Å². The van der Waals surface area contributed by atoms with Crippen LogP contribution in [0.2, 0.25) is 0 Å². The lowest BCUT2D eigenvalue weighted by Gasteiger charge is -2.38. The average Bonchev–Trinajstić information content (AvgIpc) is 3.36. The molecule has 2 heterocycles. The molecular formula is C29H39N3O4. The largest absolute Gasteiger partial charge is 0.493 e. The molecule has 0 amide bonds. The fourth-order valence-corrected chi connectivity index (χ4v) is 4.59. The van der Waals surface area contributed by atoms with Crippen LogP contribution in [0, 0.1) is 6.92 Å². The van der Waals surface area contributed by atoms with Gasteiger partial charge in [0.25, 0.3) is 0 Å². The van der Waals surface area contributed by atoms with Crippen LogP contribution in [0.1, 0.15) is 43.1 Å². The maximum absolute atomic E-state index is 11.0. The van der Waals surface area contributed by atoms with Crippen molar-refractivity contribution in [1.82, 2.24) is 14.5 Å². The highest BCUT2D eigenvalue weighted by Crippen LogP contribution is 2.30. The van der Waals surface area contributed by atoms with E-state index in [4.69, 9.17) is 14.2 Å². The molecule has 1 saturated heterocycles. The summed E-state index contributed by atoms with van der Waals surface area (Å²) in [7, 11) is 1.68. The van der Waals surface area contributed by atoms with Crippen molar-refractivity contribution in [3.63, 3.8) is 0 Å². The van der Waals surface area contributed by atoms with E-state index in [2.05, 4.69) is 40.4 Å². The highest BCUT2D eigenvalue weighted by Gasteiger charge is 2.33. The number of rotatable bonds is 12. The van der Waals surface area contributed by atoms with E-state index in [-0.39, 0.29) is 0 Å². The molecule has 0 saturated carbocycles. The summed E-state index contributed by atoms with van der Waals surface area (Å²) in [6.07, 6.45) is 7.08.